The van der Waals surface area contributed by atoms with Crippen LogP contribution in [0.5, 0.6) is 0 Å². The highest BCUT2D eigenvalue weighted by Gasteiger charge is 2.24. The number of hydrogen-bond donors (Lipinski definition) is 1. The number of benzene rings is 1. The number of fused-ring (bicyclic) bond motifs is 1. The third-order valence-electron chi connectivity index (χ3n) is 4.23. The zero-order chi connectivity index (χ0) is 16.2. The summed E-state index contributed by atoms with van der Waals surface area (Å²) in [5, 5.41) is 3.79. The summed E-state index contributed by atoms with van der Waals surface area (Å²) in [5.74, 6) is -0.752. The molecule has 0 bridgehead atoms. The van der Waals surface area contributed by atoms with Gasteiger partial charge in [0.2, 0.25) is 5.76 Å². The number of rotatable bonds is 4. The highest BCUT2D eigenvalue weighted by atomic mass is 16.6. The van der Waals surface area contributed by atoms with Crippen molar-refractivity contribution in [1.82, 2.24) is 5.32 Å². The Morgan fingerprint density at radius 2 is 1.96 bits per heavy atom. The van der Waals surface area contributed by atoms with Crippen LogP contribution in [0.4, 0.5) is 0 Å². The number of amides is 1. The fourth-order valence-corrected chi connectivity index (χ4v) is 2.92. The number of carbonyl (C=O) groups is 2. The molecular weight excluding hydrogens is 294 g/mol. The minimum Gasteiger partial charge on any atom is -0.449 e. The maximum atomic E-state index is 12.1. The van der Waals surface area contributed by atoms with Gasteiger partial charge in [0.15, 0.2) is 6.10 Å². The summed E-state index contributed by atoms with van der Waals surface area (Å²) < 4.78 is 10.7. The van der Waals surface area contributed by atoms with Crippen molar-refractivity contribution in [2.24, 2.45) is 0 Å². The molecule has 1 aromatic heterocycles. The fraction of sp³-hybridized carbons (Fsp3) is 0.444. The van der Waals surface area contributed by atoms with Crippen LogP contribution < -0.4 is 5.32 Å². The molecule has 1 unspecified atom stereocenters. The van der Waals surface area contributed by atoms with Crippen LogP contribution in [0.25, 0.3) is 11.0 Å². The van der Waals surface area contributed by atoms with Crippen molar-refractivity contribution < 1.29 is 18.7 Å². The highest BCUT2D eigenvalue weighted by Crippen LogP contribution is 2.20. The Hall–Kier alpha value is -2.30. The van der Waals surface area contributed by atoms with Gasteiger partial charge in [-0.2, -0.15) is 0 Å². The number of nitrogens with one attached hydrogen (secondary N) is 1. The van der Waals surface area contributed by atoms with E-state index in [-0.39, 0.29) is 17.7 Å². The van der Waals surface area contributed by atoms with E-state index in [4.69, 9.17) is 9.15 Å². The van der Waals surface area contributed by atoms with E-state index in [1.165, 1.54) is 6.42 Å². The zero-order valence-corrected chi connectivity index (χ0v) is 13.2. The molecule has 1 atom stereocenters. The molecule has 0 aliphatic heterocycles. The first-order valence-corrected chi connectivity index (χ1v) is 8.13. The molecule has 1 N–H and O–H groups in total. The predicted molar refractivity (Wildman–Crippen MR) is 86.1 cm³/mol. The van der Waals surface area contributed by atoms with E-state index < -0.39 is 12.1 Å². The van der Waals surface area contributed by atoms with Gasteiger partial charge in [0.05, 0.1) is 0 Å². The monoisotopic (exact) mass is 315 g/mol. The first-order chi connectivity index (χ1) is 11.1. The molecule has 0 radical (unpaired) electrons. The van der Waals surface area contributed by atoms with E-state index in [1.54, 1.807) is 19.1 Å². The molecule has 1 saturated carbocycles. The van der Waals surface area contributed by atoms with E-state index in [0.29, 0.717) is 5.58 Å². The zero-order valence-electron chi connectivity index (χ0n) is 13.2. The Morgan fingerprint density at radius 1 is 1.22 bits per heavy atom. The average molecular weight is 315 g/mol. The molecule has 23 heavy (non-hydrogen) atoms. The lowest BCUT2D eigenvalue weighted by atomic mass is 9.95. The molecule has 5 heteroatoms. The Bertz CT molecular complexity index is 667. The second kappa shape index (κ2) is 6.86. The molecule has 1 heterocycles. The molecule has 1 aromatic carbocycles. The minimum atomic E-state index is -0.836. The van der Waals surface area contributed by atoms with Crippen LogP contribution in [-0.4, -0.2) is 24.0 Å². The van der Waals surface area contributed by atoms with Gasteiger partial charge in [0.1, 0.15) is 5.58 Å². The largest absolute Gasteiger partial charge is 0.449 e. The van der Waals surface area contributed by atoms with Gasteiger partial charge in [0.25, 0.3) is 5.91 Å². The van der Waals surface area contributed by atoms with Crippen molar-refractivity contribution in [3.05, 3.63) is 36.1 Å². The van der Waals surface area contributed by atoms with E-state index in [2.05, 4.69) is 5.32 Å². The molecule has 1 aliphatic rings. The molecule has 5 nitrogen and oxygen atoms in total. The van der Waals surface area contributed by atoms with Crippen molar-refractivity contribution in [3.63, 3.8) is 0 Å². The summed E-state index contributed by atoms with van der Waals surface area (Å²) in [5.41, 5.74) is 0.624. The van der Waals surface area contributed by atoms with E-state index in [9.17, 15) is 9.59 Å². The topological polar surface area (TPSA) is 68.5 Å². The summed E-state index contributed by atoms with van der Waals surface area (Å²) in [6, 6.07) is 9.17. The van der Waals surface area contributed by atoms with Crippen LogP contribution in [-0.2, 0) is 9.53 Å². The first kappa shape index (κ1) is 15.6. The minimum absolute atomic E-state index is 0.114. The van der Waals surface area contributed by atoms with Crippen LogP contribution in [0.1, 0.15) is 49.6 Å². The summed E-state index contributed by atoms with van der Waals surface area (Å²) in [7, 11) is 0. The van der Waals surface area contributed by atoms with Crippen LogP contribution in [0.2, 0.25) is 0 Å². The average Bonchev–Trinajstić information content (AvgIpc) is 3.00. The second-order valence-electron chi connectivity index (χ2n) is 6.04. The van der Waals surface area contributed by atoms with Gasteiger partial charge in [0, 0.05) is 11.4 Å². The summed E-state index contributed by atoms with van der Waals surface area (Å²) in [6.07, 6.45) is 4.66. The Labute approximate surface area is 135 Å². The van der Waals surface area contributed by atoms with Crippen molar-refractivity contribution in [2.45, 2.75) is 51.2 Å². The molecule has 3 rings (SSSR count). The number of ether oxygens (including phenoxy) is 1. The van der Waals surface area contributed by atoms with Crippen LogP contribution in [0, 0.1) is 0 Å². The van der Waals surface area contributed by atoms with Crippen molar-refractivity contribution in [2.75, 3.05) is 0 Å². The standard InChI is InChI=1S/C18H21NO4/c1-12(17(20)19-14-8-3-2-4-9-14)22-18(21)16-11-13-7-5-6-10-15(13)23-16/h5-7,10-12,14H,2-4,8-9H2,1H3,(H,19,20). The summed E-state index contributed by atoms with van der Waals surface area (Å²) in [6.45, 7) is 1.58. The van der Waals surface area contributed by atoms with E-state index >= 15 is 0 Å². The van der Waals surface area contributed by atoms with Gasteiger partial charge in [-0.25, -0.2) is 4.79 Å². The second-order valence-corrected chi connectivity index (χ2v) is 6.04. The maximum absolute atomic E-state index is 12.1. The molecular formula is C18H21NO4. The third kappa shape index (κ3) is 3.73. The first-order valence-electron chi connectivity index (χ1n) is 8.13. The highest BCUT2D eigenvalue weighted by molar-refractivity contribution is 5.94. The van der Waals surface area contributed by atoms with E-state index in [1.807, 2.05) is 18.2 Å². The summed E-state index contributed by atoms with van der Waals surface area (Å²) in [4.78, 5) is 24.3. The summed E-state index contributed by atoms with van der Waals surface area (Å²) >= 11 is 0. The van der Waals surface area contributed by atoms with Crippen molar-refractivity contribution in [1.29, 1.82) is 0 Å². The normalized spacial score (nSPS) is 16.9. The van der Waals surface area contributed by atoms with Crippen molar-refractivity contribution >= 4 is 22.8 Å². The lowest BCUT2D eigenvalue weighted by Gasteiger charge is -2.24. The molecule has 1 fully saturated rings. The Balaban J connectivity index is 1.58. The number of furan rings is 1. The molecule has 1 amide bonds. The third-order valence-corrected chi connectivity index (χ3v) is 4.23. The van der Waals surface area contributed by atoms with Gasteiger partial charge in [-0.3, -0.25) is 4.79 Å². The van der Waals surface area contributed by atoms with Crippen molar-refractivity contribution in [3.8, 4) is 0 Å². The molecule has 122 valence electrons. The van der Waals surface area contributed by atoms with Gasteiger partial charge < -0.3 is 14.5 Å². The van der Waals surface area contributed by atoms with E-state index in [0.717, 1.165) is 31.1 Å². The smallest absolute Gasteiger partial charge is 0.375 e. The SMILES string of the molecule is CC(OC(=O)c1cc2ccccc2o1)C(=O)NC1CCCCC1. The van der Waals surface area contributed by atoms with Gasteiger partial charge in [-0.05, 0) is 31.9 Å². The number of para-hydroxylation sites is 1. The van der Waals surface area contributed by atoms with Gasteiger partial charge >= 0.3 is 5.97 Å². The van der Waals surface area contributed by atoms with Gasteiger partial charge in [-0.15, -0.1) is 0 Å². The maximum Gasteiger partial charge on any atom is 0.375 e. The predicted octanol–water partition coefficient (Wildman–Crippen LogP) is 3.43. The van der Waals surface area contributed by atoms with Crippen LogP contribution >= 0.6 is 0 Å². The molecule has 1 aliphatic carbocycles. The lowest BCUT2D eigenvalue weighted by Crippen LogP contribution is -2.42. The lowest BCUT2D eigenvalue weighted by molar-refractivity contribution is -0.130. The number of carbonyl (C=O) groups excluding carboxylic acids is 2. The molecule has 0 spiro atoms. The Morgan fingerprint density at radius 3 is 2.70 bits per heavy atom. The van der Waals surface area contributed by atoms with Crippen LogP contribution in [0.15, 0.2) is 34.7 Å². The van der Waals surface area contributed by atoms with Crippen LogP contribution in [0.3, 0.4) is 0 Å². The number of hydrogen-bond acceptors (Lipinski definition) is 4. The fourth-order valence-electron chi connectivity index (χ4n) is 2.92. The van der Waals surface area contributed by atoms with Gasteiger partial charge in [-0.1, -0.05) is 37.5 Å². The molecule has 2 aromatic rings. The quantitative estimate of drug-likeness (QED) is 0.878. The molecule has 0 saturated heterocycles. The Kier molecular flexibility index (Phi) is 4.65. The number of esters is 1.